The molecule has 0 amide bonds. The van der Waals surface area contributed by atoms with Crippen LogP contribution in [0, 0.1) is 0 Å². The molecule has 0 spiro atoms. The topological polar surface area (TPSA) is 101 Å². The van der Waals surface area contributed by atoms with Crippen LogP contribution in [0.5, 0.6) is 0 Å². The van der Waals surface area contributed by atoms with E-state index in [1.54, 1.807) is 0 Å². The number of benzene rings is 1. The van der Waals surface area contributed by atoms with Gasteiger partial charge in [0, 0.05) is 5.69 Å². The average molecular weight is 258 g/mol. The summed E-state index contributed by atoms with van der Waals surface area (Å²) in [6.45, 7) is 1.28. The van der Waals surface area contributed by atoms with Gasteiger partial charge in [0.2, 0.25) is 0 Å². The first-order valence-electron chi connectivity index (χ1n) is 4.79. The molecule has 0 fully saturated rings. The van der Waals surface area contributed by atoms with Crippen LogP contribution >= 0.6 is 11.6 Å². The first-order chi connectivity index (χ1) is 7.84. The highest BCUT2D eigenvalue weighted by Crippen LogP contribution is 2.30. The number of aliphatic carboxylic acids is 1. The summed E-state index contributed by atoms with van der Waals surface area (Å²) >= 11 is 5.85. The van der Waals surface area contributed by atoms with Crippen LogP contribution in [0.25, 0.3) is 0 Å². The predicted octanol–water partition coefficient (Wildman–Crippen LogP) is 1.26. The monoisotopic (exact) mass is 257 g/mol. The van der Waals surface area contributed by atoms with Gasteiger partial charge in [0.15, 0.2) is 11.9 Å². The Balaban J connectivity index is 3.30. The van der Waals surface area contributed by atoms with E-state index in [1.165, 1.54) is 25.1 Å². The molecule has 4 N–H and O–H groups in total. The summed E-state index contributed by atoms with van der Waals surface area (Å²) in [6, 6.07) is 4.23. The molecule has 0 aromatic heterocycles. The van der Waals surface area contributed by atoms with Crippen molar-refractivity contribution in [1.82, 2.24) is 0 Å². The lowest BCUT2D eigenvalue weighted by atomic mass is 9.97. The molecule has 1 aromatic rings. The van der Waals surface area contributed by atoms with E-state index in [-0.39, 0.29) is 22.6 Å². The lowest BCUT2D eigenvalue weighted by Crippen LogP contribution is -2.15. The molecule has 0 aliphatic rings. The number of Topliss-reactive ketones (excluding diaryl/α,β-unsaturated/α-hetero) is 1. The molecule has 0 saturated carbocycles. The second-order valence-electron chi connectivity index (χ2n) is 3.60. The average Bonchev–Trinajstić information content (AvgIpc) is 2.26. The van der Waals surface area contributed by atoms with Crippen LogP contribution in [0.3, 0.4) is 0 Å². The Morgan fingerprint density at radius 3 is 2.41 bits per heavy atom. The molecular weight excluding hydrogens is 246 g/mol. The van der Waals surface area contributed by atoms with E-state index in [0.29, 0.717) is 0 Å². The van der Waals surface area contributed by atoms with Crippen molar-refractivity contribution in [3.05, 3.63) is 29.3 Å². The lowest BCUT2D eigenvalue weighted by Gasteiger charge is -2.15. The molecule has 0 saturated heterocycles. The molecule has 1 rings (SSSR count). The summed E-state index contributed by atoms with van der Waals surface area (Å²) < 4.78 is 0. The first-order valence-corrected chi connectivity index (χ1v) is 5.23. The Morgan fingerprint density at radius 2 is 1.94 bits per heavy atom. The SMILES string of the molecule is CC(=O)C(Cl)c1ccc(N)cc1C(O)C(=O)O. The number of hydrogen-bond donors (Lipinski definition) is 3. The fourth-order valence-electron chi connectivity index (χ4n) is 1.41. The second kappa shape index (κ2) is 5.16. The van der Waals surface area contributed by atoms with Crippen molar-refractivity contribution in [3.63, 3.8) is 0 Å². The van der Waals surface area contributed by atoms with E-state index in [9.17, 15) is 14.7 Å². The summed E-state index contributed by atoms with van der Waals surface area (Å²) in [4.78, 5) is 21.9. The number of ketones is 1. The van der Waals surface area contributed by atoms with Gasteiger partial charge < -0.3 is 15.9 Å². The van der Waals surface area contributed by atoms with E-state index in [1.807, 2.05) is 0 Å². The van der Waals surface area contributed by atoms with Crippen molar-refractivity contribution in [3.8, 4) is 0 Å². The maximum absolute atomic E-state index is 11.2. The fraction of sp³-hybridized carbons (Fsp3) is 0.273. The summed E-state index contributed by atoms with van der Waals surface area (Å²) in [5.41, 5.74) is 6.09. The zero-order valence-electron chi connectivity index (χ0n) is 9.05. The van der Waals surface area contributed by atoms with Crippen molar-refractivity contribution in [2.45, 2.75) is 18.4 Å². The number of alkyl halides is 1. The third kappa shape index (κ3) is 2.95. The number of carbonyl (C=O) groups is 2. The quantitative estimate of drug-likeness (QED) is 0.557. The zero-order valence-corrected chi connectivity index (χ0v) is 9.81. The maximum Gasteiger partial charge on any atom is 0.337 e. The highest BCUT2D eigenvalue weighted by molar-refractivity contribution is 6.31. The van der Waals surface area contributed by atoms with Gasteiger partial charge in [-0.25, -0.2) is 4.79 Å². The van der Waals surface area contributed by atoms with Gasteiger partial charge in [0.25, 0.3) is 0 Å². The van der Waals surface area contributed by atoms with E-state index in [4.69, 9.17) is 22.4 Å². The van der Waals surface area contributed by atoms with Gasteiger partial charge in [-0.3, -0.25) is 4.79 Å². The largest absolute Gasteiger partial charge is 0.479 e. The number of aliphatic hydroxyl groups excluding tert-OH is 1. The predicted molar refractivity (Wildman–Crippen MR) is 62.7 cm³/mol. The van der Waals surface area contributed by atoms with Crippen molar-refractivity contribution >= 4 is 29.0 Å². The molecule has 5 nitrogen and oxygen atoms in total. The van der Waals surface area contributed by atoms with Crippen LogP contribution in [0.1, 0.15) is 29.5 Å². The van der Waals surface area contributed by atoms with E-state index < -0.39 is 17.5 Å². The van der Waals surface area contributed by atoms with E-state index in [0.717, 1.165) is 0 Å². The van der Waals surface area contributed by atoms with Gasteiger partial charge in [0.05, 0.1) is 0 Å². The van der Waals surface area contributed by atoms with Gasteiger partial charge in [-0.05, 0) is 30.2 Å². The number of aliphatic hydroxyl groups is 1. The fourth-order valence-corrected chi connectivity index (χ4v) is 1.61. The van der Waals surface area contributed by atoms with E-state index >= 15 is 0 Å². The van der Waals surface area contributed by atoms with Crippen LogP contribution in [0.15, 0.2) is 18.2 Å². The molecule has 0 aliphatic heterocycles. The van der Waals surface area contributed by atoms with Gasteiger partial charge in [-0.1, -0.05) is 6.07 Å². The number of carboxylic acid groups (broad SMARTS) is 1. The first kappa shape index (κ1) is 13.5. The Bertz CT molecular complexity index is 461. The third-order valence-corrected chi connectivity index (χ3v) is 2.81. The summed E-state index contributed by atoms with van der Waals surface area (Å²) in [5, 5.41) is 17.3. The van der Waals surface area contributed by atoms with Gasteiger partial charge >= 0.3 is 5.97 Å². The number of carbonyl (C=O) groups excluding carboxylic acids is 1. The molecular formula is C11H12ClNO4. The van der Waals surface area contributed by atoms with Crippen LogP contribution in [0.2, 0.25) is 0 Å². The lowest BCUT2D eigenvalue weighted by molar-refractivity contribution is -0.147. The molecule has 1 aromatic carbocycles. The summed E-state index contributed by atoms with van der Waals surface area (Å²) in [7, 11) is 0. The van der Waals surface area contributed by atoms with Gasteiger partial charge in [-0.15, -0.1) is 11.6 Å². The summed E-state index contributed by atoms with van der Waals surface area (Å²) in [6.07, 6.45) is -1.76. The molecule has 2 atom stereocenters. The molecule has 0 aliphatic carbocycles. The Labute approximate surface area is 103 Å². The number of nitrogens with two attached hydrogens (primary N) is 1. The molecule has 92 valence electrons. The van der Waals surface area contributed by atoms with Crippen LogP contribution in [0.4, 0.5) is 5.69 Å². The minimum Gasteiger partial charge on any atom is -0.479 e. The maximum atomic E-state index is 11.2. The molecule has 6 heteroatoms. The second-order valence-corrected chi connectivity index (χ2v) is 4.04. The highest BCUT2D eigenvalue weighted by atomic mass is 35.5. The number of halogens is 1. The molecule has 0 radical (unpaired) electrons. The Morgan fingerprint density at radius 1 is 1.35 bits per heavy atom. The highest BCUT2D eigenvalue weighted by Gasteiger charge is 2.25. The van der Waals surface area contributed by atoms with Crippen LogP contribution in [-0.2, 0) is 9.59 Å². The number of hydrogen-bond acceptors (Lipinski definition) is 4. The zero-order chi connectivity index (χ0) is 13.2. The number of carboxylic acids is 1. The van der Waals surface area contributed by atoms with Crippen molar-refractivity contribution < 1.29 is 19.8 Å². The van der Waals surface area contributed by atoms with Crippen LogP contribution in [-0.4, -0.2) is 22.0 Å². The van der Waals surface area contributed by atoms with E-state index in [2.05, 4.69) is 0 Å². The normalized spacial score (nSPS) is 14.1. The minimum atomic E-state index is -1.76. The molecule has 0 heterocycles. The minimum absolute atomic E-state index is 0.0349. The standard InChI is InChI=1S/C11H12ClNO4/c1-5(14)9(12)7-3-2-6(13)4-8(7)10(15)11(16)17/h2-4,9-10,15H,13H2,1H3,(H,16,17). The smallest absolute Gasteiger partial charge is 0.337 e. The molecule has 2 unspecified atom stereocenters. The van der Waals surface area contributed by atoms with Gasteiger partial charge in [-0.2, -0.15) is 0 Å². The Hall–Kier alpha value is -1.59. The number of nitrogen functional groups attached to an aromatic ring is 1. The third-order valence-electron chi connectivity index (χ3n) is 2.27. The molecule has 0 bridgehead atoms. The number of rotatable bonds is 4. The van der Waals surface area contributed by atoms with Crippen molar-refractivity contribution in [2.75, 3.05) is 5.73 Å². The van der Waals surface area contributed by atoms with Crippen molar-refractivity contribution in [1.29, 1.82) is 0 Å². The number of anilines is 1. The molecule has 17 heavy (non-hydrogen) atoms. The van der Waals surface area contributed by atoms with Crippen LogP contribution < -0.4 is 5.73 Å². The summed E-state index contributed by atoms with van der Waals surface area (Å²) in [5.74, 6) is -1.76. The van der Waals surface area contributed by atoms with Gasteiger partial charge in [0.1, 0.15) is 5.38 Å². The van der Waals surface area contributed by atoms with Crippen molar-refractivity contribution in [2.24, 2.45) is 0 Å². The Kier molecular flexibility index (Phi) is 4.09.